The van der Waals surface area contributed by atoms with Crippen LogP contribution in [0.3, 0.4) is 0 Å². The van der Waals surface area contributed by atoms with Crippen molar-refractivity contribution in [3.05, 3.63) is 45.1 Å². The molecule has 0 atom stereocenters. The maximum Gasteiger partial charge on any atom is 0.256 e. The Morgan fingerprint density at radius 2 is 2.04 bits per heavy atom. The van der Waals surface area contributed by atoms with Crippen molar-refractivity contribution in [1.29, 1.82) is 0 Å². The van der Waals surface area contributed by atoms with Crippen LogP contribution in [0.4, 0.5) is 0 Å². The van der Waals surface area contributed by atoms with Gasteiger partial charge in [-0.3, -0.25) is 9.48 Å². The average molecular weight is 405 g/mol. The molecule has 3 rings (SSSR count). The van der Waals surface area contributed by atoms with E-state index in [0.29, 0.717) is 17.8 Å². The zero-order chi connectivity index (χ0) is 18.1. The number of amides is 1. The summed E-state index contributed by atoms with van der Waals surface area (Å²) in [7, 11) is 0. The summed E-state index contributed by atoms with van der Waals surface area (Å²) in [5.74, 6) is -0.151. The normalized spacial score (nSPS) is 11.2. The lowest BCUT2D eigenvalue weighted by molar-refractivity contribution is 0.0954. The molecule has 3 heterocycles. The number of aryl methyl sites for hydroxylation is 4. The molecule has 1 N–H and O–H groups in total. The Hall–Kier alpha value is -2.22. The number of hydrogen-bond donors (Lipinski definition) is 1. The quantitative estimate of drug-likeness (QED) is 0.663. The minimum Gasteiger partial charge on any atom is -0.352 e. The number of nitrogens with zero attached hydrogens (tertiary/aromatic N) is 5. The first-order chi connectivity index (χ1) is 11.9. The number of carbonyl (C=O) groups is 1. The highest BCUT2D eigenvalue weighted by molar-refractivity contribution is 9.10. The SMILES string of the molecule is Cc1cc(C)n2ncc(C(=O)NCCCn3nc(C)c(Br)c3C)c2n1. The Balaban J connectivity index is 1.62. The smallest absolute Gasteiger partial charge is 0.256 e. The summed E-state index contributed by atoms with van der Waals surface area (Å²) >= 11 is 3.52. The van der Waals surface area contributed by atoms with Crippen LogP contribution in [0.5, 0.6) is 0 Å². The standard InChI is InChI=1S/C17H21BrN6O/c1-10-8-11(2)24-16(21-10)14(9-20-24)17(25)19-6-5-7-23-13(4)15(18)12(3)22-23/h8-9H,5-7H2,1-4H3,(H,19,25). The molecule has 0 saturated heterocycles. The van der Waals surface area contributed by atoms with Gasteiger partial charge in [-0.2, -0.15) is 10.2 Å². The third-order valence-corrected chi connectivity index (χ3v) is 5.30. The van der Waals surface area contributed by atoms with Gasteiger partial charge in [-0.25, -0.2) is 9.50 Å². The molecular formula is C17H21BrN6O. The maximum atomic E-state index is 12.4. The molecule has 132 valence electrons. The van der Waals surface area contributed by atoms with Crippen molar-refractivity contribution in [1.82, 2.24) is 29.7 Å². The second-order valence-corrected chi connectivity index (χ2v) is 6.94. The van der Waals surface area contributed by atoms with Crippen LogP contribution < -0.4 is 5.32 Å². The predicted octanol–water partition coefficient (Wildman–Crippen LogP) is 2.74. The molecule has 7 nitrogen and oxygen atoms in total. The van der Waals surface area contributed by atoms with Crippen LogP contribution in [0.2, 0.25) is 0 Å². The Kier molecular flexibility index (Phi) is 4.89. The van der Waals surface area contributed by atoms with Gasteiger partial charge in [0.1, 0.15) is 5.56 Å². The van der Waals surface area contributed by atoms with Crippen LogP contribution >= 0.6 is 15.9 Å². The van der Waals surface area contributed by atoms with Gasteiger partial charge in [0.15, 0.2) is 5.65 Å². The van der Waals surface area contributed by atoms with Crippen LogP contribution in [0.1, 0.15) is 39.6 Å². The van der Waals surface area contributed by atoms with Gasteiger partial charge in [0.2, 0.25) is 0 Å². The van der Waals surface area contributed by atoms with E-state index in [4.69, 9.17) is 0 Å². The van der Waals surface area contributed by atoms with Gasteiger partial charge in [-0.15, -0.1) is 0 Å². The third kappa shape index (κ3) is 3.44. The summed E-state index contributed by atoms with van der Waals surface area (Å²) in [6, 6.07) is 1.94. The Morgan fingerprint density at radius 1 is 1.28 bits per heavy atom. The molecule has 0 saturated carbocycles. The van der Waals surface area contributed by atoms with Crippen molar-refractivity contribution < 1.29 is 4.79 Å². The fourth-order valence-corrected chi connectivity index (χ4v) is 3.13. The van der Waals surface area contributed by atoms with Crippen molar-refractivity contribution in [2.45, 2.75) is 40.7 Å². The number of fused-ring (bicyclic) bond motifs is 1. The van der Waals surface area contributed by atoms with Gasteiger partial charge in [0.25, 0.3) is 5.91 Å². The largest absolute Gasteiger partial charge is 0.352 e. The Labute approximate surface area is 154 Å². The van der Waals surface area contributed by atoms with Gasteiger partial charge in [-0.1, -0.05) is 0 Å². The fourth-order valence-electron chi connectivity index (χ4n) is 2.85. The van der Waals surface area contributed by atoms with Crippen LogP contribution in [-0.4, -0.2) is 36.8 Å². The highest BCUT2D eigenvalue weighted by Gasteiger charge is 2.15. The summed E-state index contributed by atoms with van der Waals surface area (Å²) in [6.45, 7) is 9.17. The molecular weight excluding hydrogens is 384 g/mol. The first-order valence-corrected chi connectivity index (χ1v) is 8.97. The summed E-state index contributed by atoms with van der Waals surface area (Å²) in [5.41, 5.74) is 5.00. The van der Waals surface area contributed by atoms with E-state index in [0.717, 1.165) is 40.2 Å². The monoisotopic (exact) mass is 404 g/mol. The van der Waals surface area contributed by atoms with Crippen LogP contribution in [-0.2, 0) is 6.54 Å². The number of rotatable bonds is 5. The molecule has 0 aliphatic carbocycles. The predicted molar refractivity (Wildman–Crippen MR) is 98.8 cm³/mol. The minimum atomic E-state index is -0.151. The molecule has 0 aliphatic rings. The molecule has 8 heteroatoms. The molecule has 0 aliphatic heterocycles. The van der Waals surface area contributed by atoms with E-state index in [1.54, 1.807) is 10.7 Å². The maximum absolute atomic E-state index is 12.4. The first-order valence-electron chi connectivity index (χ1n) is 8.18. The van der Waals surface area contributed by atoms with Gasteiger partial charge >= 0.3 is 0 Å². The summed E-state index contributed by atoms with van der Waals surface area (Å²) in [6.07, 6.45) is 2.37. The second-order valence-electron chi connectivity index (χ2n) is 6.15. The van der Waals surface area contributed by atoms with Crippen molar-refractivity contribution in [2.75, 3.05) is 6.54 Å². The lowest BCUT2D eigenvalue weighted by atomic mass is 10.3. The van der Waals surface area contributed by atoms with Gasteiger partial charge in [-0.05, 0) is 56.1 Å². The summed E-state index contributed by atoms with van der Waals surface area (Å²) in [4.78, 5) is 16.9. The van der Waals surface area contributed by atoms with Gasteiger partial charge in [0.05, 0.1) is 16.4 Å². The third-order valence-electron chi connectivity index (χ3n) is 4.15. The van der Waals surface area contributed by atoms with E-state index in [2.05, 4.69) is 36.4 Å². The van der Waals surface area contributed by atoms with E-state index in [1.165, 1.54) is 0 Å². The minimum absolute atomic E-state index is 0.151. The van der Waals surface area contributed by atoms with Crippen molar-refractivity contribution in [3.63, 3.8) is 0 Å². The van der Waals surface area contributed by atoms with E-state index < -0.39 is 0 Å². The second kappa shape index (κ2) is 6.95. The lowest BCUT2D eigenvalue weighted by Gasteiger charge is -2.06. The molecule has 3 aromatic rings. The number of carbonyl (C=O) groups excluding carboxylic acids is 1. The van der Waals surface area contributed by atoms with E-state index in [1.807, 2.05) is 38.4 Å². The summed E-state index contributed by atoms with van der Waals surface area (Å²) < 4.78 is 4.68. The van der Waals surface area contributed by atoms with Gasteiger partial charge < -0.3 is 5.32 Å². The van der Waals surface area contributed by atoms with Crippen LogP contribution in [0.15, 0.2) is 16.7 Å². The molecule has 25 heavy (non-hydrogen) atoms. The fraction of sp³-hybridized carbons (Fsp3) is 0.412. The molecule has 3 aromatic heterocycles. The van der Waals surface area contributed by atoms with Crippen molar-refractivity contribution in [2.24, 2.45) is 0 Å². The van der Waals surface area contributed by atoms with E-state index in [-0.39, 0.29) is 5.91 Å². The van der Waals surface area contributed by atoms with Crippen LogP contribution in [0.25, 0.3) is 5.65 Å². The number of aromatic nitrogens is 5. The Bertz CT molecular complexity index is 942. The molecule has 0 spiro atoms. The number of nitrogens with one attached hydrogen (secondary N) is 1. The van der Waals surface area contributed by atoms with Crippen molar-refractivity contribution in [3.8, 4) is 0 Å². The first kappa shape index (κ1) is 17.6. The zero-order valence-electron chi connectivity index (χ0n) is 14.8. The number of hydrogen-bond acceptors (Lipinski definition) is 4. The van der Waals surface area contributed by atoms with Crippen molar-refractivity contribution >= 4 is 27.5 Å². The summed E-state index contributed by atoms with van der Waals surface area (Å²) in [5, 5.41) is 11.7. The number of halogens is 1. The topological polar surface area (TPSA) is 77.1 Å². The molecule has 0 fully saturated rings. The average Bonchev–Trinajstić information content (AvgIpc) is 3.09. The zero-order valence-corrected chi connectivity index (χ0v) is 16.4. The van der Waals surface area contributed by atoms with Gasteiger partial charge in [0, 0.05) is 30.2 Å². The molecule has 0 radical (unpaired) electrons. The lowest BCUT2D eigenvalue weighted by Crippen LogP contribution is -2.25. The molecule has 0 aromatic carbocycles. The highest BCUT2D eigenvalue weighted by Crippen LogP contribution is 2.19. The molecule has 0 unspecified atom stereocenters. The van der Waals surface area contributed by atoms with Crippen LogP contribution in [0, 0.1) is 27.7 Å². The molecule has 0 bridgehead atoms. The highest BCUT2D eigenvalue weighted by atomic mass is 79.9. The Morgan fingerprint density at radius 3 is 2.72 bits per heavy atom. The van der Waals surface area contributed by atoms with E-state index >= 15 is 0 Å². The molecule has 1 amide bonds. The van der Waals surface area contributed by atoms with E-state index in [9.17, 15) is 4.79 Å².